The van der Waals surface area contributed by atoms with E-state index in [1.54, 1.807) is 48.5 Å². The van der Waals surface area contributed by atoms with Gasteiger partial charge in [0.05, 0.1) is 10.6 Å². The minimum atomic E-state index is -0.399. The van der Waals surface area contributed by atoms with Gasteiger partial charge in [-0.2, -0.15) is 5.26 Å². The Morgan fingerprint density at radius 1 is 1.03 bits per heavy atom. The van der Waals surface area contributed by atoms with E-state index in [0.717, 1.165) is 0 Å². The van der Waals surface area contributed by atoms with E-state index < -0.39 is 5.91 Å². The number of ketones is 1. The number of nitriles is 1. The molecule has 3 rings (SSSR count). The third-order valence-electron chi connectivity index (χ3n) is 4.03. The van der Waals surface area contributed by atoms with Crippen molar-refractivity contribution in [3.8, 4) is 11.8 Å². The maximum atomic E-state index is 12.7. The van der Waals surface area contributed by atoms with Crippen LogP contribution in [0.1, 0.15) is 21.5 Å². The van der Waals surface area contributed by atoms with Crippen molar-refractivity contribution in [2.24, 2.45) is 0 Å². The van der Waals surface area contributed by atoms with Gasteiger partial charge in [0.25, 0.3) is 5.91 Å². The summed E-state index contributed by atoms with van der Waals surface area (Å²) < 4.78 is 6.11. The standard InChI is InChI=1S/C22H13BrCl2N2O3/c23-19-7-3-15(24)10-18(19)22(29)13-1-5-17(6-2-13)30-12-21(28)27-16-4-8-20(25)14(9-16)11-26/h1-10H,12H2,(H,27,28). The number of hydrogen-bond donors (Lipinski definition) is 1. The largest absolute Gasteiger partial charge is 0.484 e. The van der Waals surface area contributed by atoms with E-state index in [-0.39, 0.29) is 18.0 Å². The van der Waals surface area contributed by atoms with Gasteiger partial charge in [0.1, 0.15) is 11.8 Å². The van der Waals surface area contributed by atoms with Crippen LogP contribution in [0.5, 0.6) is 5.75 Å². The highest BCUT2D eigenvalue weighted by atomic mass is 79.9. The average molecular weight is 504 g/mol. The molecule has 0 unspecified atom stereocenters. The van der Waals surface area contributed by atoms with Gasteiger partial charge in [0.2, 0.25) is 0 Å². The van der Waals surface area contributed by atoms with Gasteiger partial charge < -0.3 is 10.1 Å². The molecule has 0 spiro atoms. The molecule has 0 aliphatic heterocycles. The van der Waals surface area contributed by atoms with Crippen LogP contribution in [0.2, 0.25) is 10.0 Å². The fourth-order valence-electron chi connectivity index (χ4n) is 2.56. The van der Waals surface area contributed by atoms with Crippen LogP contribution in [0.15, 0.2) is 65.1 Å². The molecule has 1 N–H and O–H groups in total. The molecule has 0 heterocycles. The van der Waals surface area contributed by atoms with Gasteiger partial charge in [-0.15, -0.1) is 0 Å². The molecule has 0 aliphatic rings. The first-order valence-electron chi connectivity index (χ1n) is 8.59. The fourth-order valence-corrected chi connectivity index (χ4v) is 3.32. The summed E-state index contributed by atoms with van der Waals surface area (Å²) in [5.74, 6) is -0.158. The highest BCUT2D eigenvalue weighted by Gasteiger charge is 2.14. The monoisotopic (exact) mass is 502 g/mol. The SMILES string of the molecule is N#Cc1cc(NC(=O)COc2ccc(C(=O)c3cc(Cl)ccc3Br)cc2)ccc1Cl. The Balaban J connectivity index is 1.60. The van der Waals surface area contributed by atoms with Crippen LogP contribution in [0.3, 0.4) is 0 Å². The summed E-state index contributed by atoms with van der Waals surface area (Å²) in [5, 5.41) is 12.4. The molecule has 1 amide bonds. The molecular formula is C22H13BrCl2N2O3. The number of carbonyl (C=O) groups excluding carboxylic acids is 2. The highest BCUT2D eigenvalue weighted by Crippen LogP contribution is 2.25. The summed E-state index contributed by atoms with van der Waals surface area (Å²) in [6.07, 6.45) is 0. The number of benzene rings is 3. The summed E-state index contributed by atoms with van der Waals surface area (Å²) in [5.41, 5.74) is 1.62. The number of hydrogen-bond acceptors (Lipinski definition) is 4. The smallest absolute Gasteiger partial charge is 0.262 e. The van der Waals surface area contributed by atoms with Crippen molar-refractivity contribution in [2.75, 3.05) is 11.9 Å². The van der Waals surface area contributed by atoms with E-state index in [1.165, 1.54) is 12.1 Å². The summed E-state index contributed by atoms with van der Waals surface area (Å²) in [6.45, 7) is -0.238. The molecule has 0 fully saturated rings. The molecular weight excluding hydrogens is 491 g/mol. The van der Waals surface area contributed by atoms with E-state index >= 15 is 0 Å². The number of rotatable bonds is 6. The number of amides is 1. The van der Waals surface area contributed by atoms with Crippen molar-refractivity contribution in [3.63, 3.8) is 0 Å². The second kappa shape index (κ2) is 9.77. The maximum Gasteiger partial charge on any atom is 0.262 e. The lowest BCUT2D eigenvalue weighted by Crippen LogP contribution is -2.20. The summed E-state index contributed by atoms with van der Waals surface area (Å²) in [4.78, 5) is 24.7. The molecule has 0 bridgehead atoms. The van der Waals surface area contributed by atoms with Gasteiger partial charge in [-0.05, 0) is 60.7 Å². The fraction of sp³-hybridized carbons (Fsp3) is 0.0455. The lowest BCUT2D eigenvalue weighted by atomic mass is 10.0. The van der Waals surface area contributed by atoms with E-state index in [4.69, 9.17) is 33.2 Å². The Bertz CT molecular complexity index is 1160. The Morgan fingerprint density at radius 2 is 1.77 bits per heavy atom. The van der Waals surface area contributed by atoms with Crippen molar-refractivity contribution in [3.05, 3.63) is 91.9 Å². The Labute approximate surface area is 191 Å². The predicted octanol–water partition coefficient (Wildman–Crippen LogP) is 5.88. The Morgan fingerprint density at radius 3 is 2.47 bits per heavy atom. The lowest BCUT2D eigenvalue weighted by Gasteiger charge is -2.09. The van der Waals surface area contributed by atoms with Crippen molar-refractivity contribution in [2.45, 2.75) is 0 Å². The number of carbonyl (C=O) groups is 2. The molecule has 150 valence electrons. The second-order valence-electron chi connectivity index (χ2n) is 6.12. The van der Waals surface area contributed by atoms with Crippen LogP contribution in [-0.2, 0) is 4.79 Å². The molecule has 0 aliphatic carbocycles. The van der Waals surface area contributed by atoms with Gasteiger partial charge in [0, 0.05) is 26.3 Å². The van der Waals surface area contributed by atoms with E-state index in [1.807, 2.05) is 6.07 Å². The maximum absolute atomic E-state index is 12.7. The van der Waals surface area contributed by atoms with Crippen molar-refractivity contribution < 1.29 is 14.3 Å². The summed E-state index contributed by atoms with van der Waals surface area (Å²) in [7, 11) is 0. The number of anilines is 1. The van der Waals surface area contributed by atoms with Crippen LogP contribution < -0.4 is 10.1 Å². The second-order valence-corrected chi connectivity index (χ2v) is 7.82. The first-order chi connectivity index (χ1) is 14.4. The topological polar surface area (TPSA) is 79.2 Å². The van der Waals surface area contributed by atoms with Crippen molar-refractivity contribution in [1.29, 1.82) is 5.26 Å². The number of nitrogens with zero attached hydrogens (tertiary/aromatic N) is 1. The van der Waals surface area contributed by atoms with Crippen LogP contribution in [-0.4, -0.2) is 18.3 Å². The van der Waals surface area contributed by atoms with Crippen LogP contribution in [0, 0.1) is 11.3 Å². The van der Waals surface area contributed by atoms with Gasteiger partial charge >= 0.3 is 0 Å². The van der Waals surface area contributed by atoms with Crippen LogP contribution >= 0.6 is 39.1 Å². The molecule has 0 saturated carbocycles. The zero-order valence-corrected chi connectivity index (χ0v) is 18.4. The van der Waals surface area contributed by atoms with E-state index in [9.17, 15) is 9.59 Å². The molecule has 3 aromatic rings. The average Bonchev–Trinajstić information content (AvgIpc) is 2.75. The quantitative estimate of drug-likeness (QED) is 0.426. The normalized spacial score (nSPS) is 10.2. The van der Waals surface area contributed by atoms with Gasteiger partial charge in [-0.1, -0.05) is 39.1 Å². The van der Waals surface area contributed by atoms with Gasteiger partial charge in [-0.3, -0.25) is 9.59 Å². The number of nitrogens with one attached hydrogen (secondary N) is 1. The van der Waals surface area contributed by atoms with Crippen molar-refractivity contribution in [1.82, 2.24) is 0 Å². The minimum absolute atomic E-state index is 0.190. The third-order valence-corrected chi connectivity index (χ3v) is 5.29. The number of halogens is 3. The summed E-state index contributed by atoms with van der Waals surface area (Å²) >= 11 is 15.2. The molecule has 5 nitrogen and oxygen atoms in total. The Hall–Kier alpha value is -2.85. The Kier molecular flexibility index (Phi) is 7.11. The first kappa shape index (κ1) is 21.8. The zero-order valence-electron chi connectivity index (χ0n) is 15.3. The zero-order chi connectivity index (χ0) is 21.7. The van der Waals surface area contributed by atoms with Gasteiger partial charge in [0.15, 0.2) is 12.4 Å². The summed E-state index contributed by atoms with van der Waals surface area (Å²) in [6, 6.07) is 18.0. The molecule has 0 atom stereocenters. The molecule has 0 aromatic heterocycles. The molecule has 0 radical (unpaired) electrons. The third kappa shape index (κ3) is 5.39. The van der Waals surface area contributed by atoms with Crippen LogP contribution in [0.25, 0.3) is 0 Å². The molecule has 8 heteroatoms. The first-order valence-corrected chi connectivity index (χ1v) is 10.1. The lowest BCUT2D eigenvalue weighted by molar-refractivity contribution is -0.118. The van der Waals surface area contributed by atoms with Gasteiger partial charge in [-0.25, -0.2) is 0 Å². The molecule has 0 saturated heterocycles. The predicted molar refractivity (Wildman–Crippen MR) is 119 cm³/mol. The van der Waals surface area contributed by atoms with Crippen molar-refractivity contribution >= 4 is 56.5 Å². The number of ether oxygens (including phenoxy) is 1. The highest BCUT2D eigenvalue weighted by molar-refractivity contribution is 9.10. The minimum Gasteiger partial charge on any atom is -0.484 e. The molecule has 30 heavy (non-hydrogen) atoms. The van der Waals surface area contributed by atoms with Crippen LogP contribution in [0.4, 0.5) is 5.69 Å². The van der Waals surface area contributed by atoms with E-state index in [2.05, 4.69) is 21.2 Å². The van der Waals surface area contributed by atoms with E-state index in [0.29, 0.717) is 37.1 Å². The molecule has 3 aromatic carbocycles.